The Morgan fingerprint density at radius 3 is 2.43 bits per heavy atom. The number of nitrogens with two attached hydrogens (primary N) is 1. The number of hydrazone groups is 1. The third kappa shape index (κ3) is 2.76. The number of primary amides is 1. The number of urea groups is 1. The Morgan fingerprint density at radius 2 is 1.81 bits per heavy atom. The molecule has 0 fully saturated rings. The Balaban J connectivity index is 2.01. The monoisotopic (exact) mass is 299 g/mol. The van der Waals surface area contributed by atoms with E-state index in [0.717, 1.165) is 16.8 Å². The van der Waals surface area contributed by atoms with Crippen molar-refractivity contribution >= 4 is 23.3 Å². The average Bonchev–Trinajstić information content (AvgIpc) is 2.94. The lowest BCUT2D eigenvalue weighted by atomic mass is 9.91. The van der Waals surface area contributed by atoms with Crippen LogP contribution < -0.4 is 5.73 Å². The van der Waals surface area contributed by atoms with E-state index in [1.165, 1.54) is 5.01 Å². The summed E-state index contributed by atoms with van der Waals surface area (Å²) >= 11 is 5.93. The molecule has 1 heterocycles. The van der Waals surface area contributed by atoms with Gasteiger partial charge in [-0.1, -0.05) is 54.1 Å². The van der Waals surface area contributed by atoms with Crippen molar-refractivity contribution in [2.45, 2.75) is 5.92 Å². The van der Waals surface area contributed by atoms with Crippen LogP contribution in [0.4, 0.5) is 4.79 Å². The van der Waals surface area contributed by atoms with Crippen LogP contribution in [0.25, 0.3) is 0 Å². The Hall–Kier alpha value is -2.33. The summed E-state index contributed by atoms with van der Waals surface area (Å²) in [6, 6.07) is 16.9. The minimum Gasteiger partial charge on any atom is -0.350 e. The molecule has 0 radical (unpaired) electrons. The van der Waals surface area contributed by atoms with Crippen LogP contribution in [0.3, 0.4) is 0 Å². The summed E-state index contributed by atoms with van der Waals surface area (Å²) in [5.74, 6) is 0.0138. The van der Waals surface area contributed by atoms with Gasteiger partial charge < -0.3 is 5.73 Å². The first-order valence-electron chi connectivity index (χ1n) is 6.61. The predicted molar refractivity (Wildman–Crippen MR) is 83.5 cm³/mol. The van der Waals surface area contributed by atoms with Gasteiger partial charge >= 0.3 is 6.03 Å². The van der Waals surface area contributed by atoms with Gasteiger partial charge in [0, 0.05) is 10.9 Å². The zero-order valence-corrected chi connectivity index (χ0v) is 12.0. The molecule has 0 aliphatic carbocycles. The number of rotatable bonds is 2. The van der Waals surface area contributed by atoms with E-state index in [1.807, 2.05) is 54.6 Å². The lowest BCUT2D eigenvalue weighted by molar-refractivity contribution is 0.214. The minimum atomic E-state index is -0.542. The summed E-state index contributed by atoms with van der Waals surface area (Å²) in [6.45, 7) is 0.456. The van der Waals surface area contributed by atoms with Gasteiger partial charge in [-0.3, -0.25) is 0 Å². The number of amides is 2. The van der Waals surface area contributed by atoms with Crippen LogP contribution in [0.1, 0.15) is 17.0 Å². The first-order chi connectivity index (χ1) is 10.1. The first-order valence-corrected chi connectivity index (χ1v) is 6.99. The van der Waals surface area contributed by atoms with Crippen LogP contribution in [0.5, 0.6) is 0 Å². The Bertz CT molecular complexity index is 682. The van der Waals surface area contributed by atoms with Gasteiger partial charge in [0.1, 0.15) is 0 Å². The van der Waals surface area contributed by atoms with E-state index in [2.05, 4.69) is 5.10 Å². The first kappa shape index (κ1) is 13.6. The van der Waals surface area contributed by atoms with Crippen molar-refractivity contribution in [3.63, 3.8) is 0 Å². The molecule has 2 amide bonds. The summed E-state index contributed by atoms with van der Waals surface area (Å²) in [6.07, 6.45) is 0. The number of hydrogen-bond donors (Lipinski definition) is 1. The van der Waals surface area contributed by atoms with Gasteiger partial charge in [-0.25, -0.2) is 9.80 Å². The van der Waals surface area contributed by atoms with Crippen LogP contribution in [-0.4, -0.2) is 23.3 Å². The lowest BCUT2D eigenvalue weighted by Crippen LogP contribution is -2.30. The molecular formula is C16H14ClN3O. The van der Waals surface area contributed by atoms with Crippen molar-refractivity contribution in [2.75, 3.05) is 6.54 Å². The number of benzene rings is 2. The van der Waals surface area contributed by atoms with Gasteiger partial charge in [-0.2, -0.15) is 5.10 Å². The number of carbonyl (C=O) groups excluding carboxylic acids is 1. The zero-order valence-electron chi connectivity index (χ0n) is 11.2. The molecule has 5 heteroatoms. The molecule has 21 heavy (non-hydrogen) atoms. The van der Waals surface area contributed by atoms with Gasteiger partial charge in [0.15, 0.2) is 0 Å². The van der Waals surface area contributed by atoms with Crippen molar-refractivity contribution < 1.29 is 4.79 Å². The van der Waals surface area contributed by atoms with E-state index in [4.69, 9.17) is 17.3 Å². The van der Waals surface area contributed by atoms with Crippen LogP contribution in [-0.2, 0) is 0 Å². The van der Waals surface area contributed by atoms with Crippen LogP contribution in [0.15, 0.2) is 59.7 Å². The molecule has 0 saturated carbocycles. The van der Waals surface area contributed by atoms with Crippen molar-refractivity contribution in [1.29, 1.82) is 0 Å². The predicted octanol–water partition coefficient (Wildman–Crippen LogP) is 3.22. The van der Waals surface area contributed by atoms with Crippen molar-refractivity contribution in [2.24, 2.45) is 10.8 Å². The second-order valence-corrected chi connectivity index (χ2v) is 5.31. The van der Waals surface area contributed by atoms with Crippen molar-refractivity contribution in [3.8, 4) is 0 Å². The van der Waals surface area contributed by atoms with E-state index in [-0.39, 0.29) is 5.92 Å². The molecule has 2 N–H and O–H groups in total. The average molecular weight is 300 g/mol. The molecule has 1 aliphatic heterocycles. The van der Waals surface area contributed by atoms with E-state index in [1.54, 1.807) is 0 Å². The zero-order chi connectivity index (χ0) is 14.8. The number of carbonyl (C=O) groups is 1. The lowest BCUT2D eigenvalue weighted by Gasteiger charge is -2.13. The summed E-state index contributed by atoms with van der Waals surface area (Å²) in [5, 5.41) is 6.35. The van der Waals surface area contributed by atoms with Gasteiger partial charge in [0.2, 0.25) is 0 Å². The van der Waals surface area contributed by atoms with Gasteiger partial charge in [-0.05, 0) is 23.3 Å². The van der Waals surface area contributed by atoms with Gasteiger partial charge in [0.05, 0.1) is 12.3 Å². The van der Waals surface area contributed by atoms with Crippen molar-refractivity contribution in [3.05, 3.63) is 70.7 Å². The van der Waals surface area contributed by atoms with E-state index < -0.39 is 6.03 Å². The molecule has 2 aromatic carbocycles. The number of nitrogens with zero attached hydrogens (tertiary/aromatic N) is 2. The highest BCUT2D eigenvalue weighted by Gasteiger charge is 2.31. The molecule has 106 valence electrons. The number of halogens is 1. The Morgan fingerprint density at radius 1 is 1.14 bits per heavy atom. The normalized spacial score (nSPS) is 17.7. The van der Waals surface area contributed by atoms with E-state index >= 15 is 0 Å². The Kier molecular flexibility index (Phi) is 3.62. The maximum atomic E-state index is 11.4. The molecule has 1 aliphatic rings. The summed E-state index contributed by atoms with van der Waals surface area (Å²) in [4.78, 5) is 11.4. The second-order valence-electron chi connectivity index (χ2n) is 4.88. The summed E-state index contributed by atoms with van der Waals surface area (Å²) < 4.78 is 0. The molecule has 0 bridgehead atoms. The molecular weight excluding hydrogens is 286 g/mol. The highest BCUT2D eigenvalue weighted by atomic mass is 35.5. The topological polar surface area (TPSA) is 58.7 Å². The standard InChI is InChI=1S/C16H14ClN3O/c17-13-8-6-12(7-9-13)15-14(10-20(19-15)16(18)21)11-4-2-1-3-5-11/h1-9,14H,10H2,(H2,18,21). The fourth-order valence-corrected chi connectivity index (χ4v) is 2.59. The molecule has 4 nitrogen and oxygen atoms in total. The van der Waals surface area contributed by atoms with Crippen LogP contribution >= 0.6 is 11.6 Å². The van der Waals surface area contributed by atoms with Gasteiger partial charge in [0.25, 0.3) is 0 Å². The molecule has 3 rings (SSSR count). The largest absolute Gasteiger partial charge is 0.350 e. The second kappa shape index (κ2) is 5.58. The highest BCUT2D eigenvalue weighted by molar-refractivity contribution is 6.30. The van der Waals surface area contributed by atoms with E-state index in [0.29, 0.717) is 11.6 Å². The fraction of sp³-hybridized carbons (Fsp3) is 0.125. The van der Waals surface area contributed by atoms with Crippen molar-refractivity contribution in [1.82, 2.24) is 5.01 Å². The SMILES string of the molecule is NC(=O)N1CC(c2ccccc2)C(c2ccc(Cl)cc2)=N1. The van der Waals surface area contributed by atoms with E-state index in [9.17, 15) is 4.79 Å². The molecule has 2 aromatic rings. The Labute approximate surface area is 127 Å². The highest BCUT2D eigenvalue weighted by Crippen LogP contribution is 2.29. The fourth-order valence-electron chi connectivity index (χ4n) is 2.47. The summed E-state index contributed by atoms with van der Waals surface area (Å²) in [5.41, 5.74) is 8.24. The van der Waals surface area contributed by atoms with Gasteiger partial charge in [-0.15, -0.1) is 0 Å². The minimum absolute atomic E-state index is 0.0138. The molecule has 0 saturated heterocycles. The third-order valence-electron chi connectivity index (χ3n) is 3.51. The quantitative estimate of drug-likeness (QED) is 0.909. The number of hydrogen-bond acceptors (Lipinski definition) is 2. The molecule has 0 aromatic heterocycles. The molecule has 1 unspecified atom stereocenters. The van der Waals surface area contributed by atoms with Crippen LogP contribution in [0.2, 0.25) is 5.02 Å². The summed E-state index contributed by atoms with van der Waals surface area (Å²) in [7, 11) is 0. The molecule has 1 atom stereocenters. The maximum Gasteiger partial charge on any atom is 0.335 e. The third-order valence-corrected chi connectivity index (χ3v) is 3.76. The maximum absolute atomic E-state index is 11.4. The molecule has 0 spiro atoms. The smallest absolute Gasteiger partial charge is 0.335 e. The van der Waals surface area contributed by atoms with Crippen LogP contribution in [0, 0.1) is 0 Å².